The quantitative estimate of drug-likeness (QED) is 0.323. The van der Waals surface area contributed by atoms with Crippen LogP contribution >= 0.6 is 0 Å². The molecule has 0 aliphatic carbocycles. The van der Waals surface area contributed by atoms with Gasteiger partial charge in [0.05, 0.1) is 13.2 Å². The maximum atomic E-state index is 9.08. The van der Waals surface area contributed by atoms with Crippen molar-refractivity contribution in [3.63, 3.8) is 0 Å². The summed E-state index contributed by atoms with van der Waals surface area (Å²) < 4.78 is 11.6. The average Bonchev–Trinajstić information content (AvgIpc) is 2.85. The number of rotatable bonds is 12. The summed E-state index contributed by atoms with van der Waals surface area (Å²) in [6.07, 6.45) is 2.27. The fraction of sp³-hybridized carbons (Fsp3) is 0.379. The molecule has 3 aromatic rings. The monoisotopic (exact) mass is 448 g/mol. The van der Waals surface area contributed by atoms with E-state index in [9.17, 15) is 0 Å². The lowest BCUT2D eigenvalue weighted by molar-refractivity contribution is 0.230. The second kappa shape index (κ2) is 11.9. The third-order valence-corrected chi connectivity index (χ3v) is 6.13. The summed E-state index contributed by atoms with van der Waals surface area (Å²) in [6, 6.07) is 23.1. The Morgan fingerprint density at radius 3 is 1.70 bits per heavy atom. The second-order valence-corrected chi connectivity index (χ2v) is 8.90. The summed E-state index contributed by atoms with van der Waals surface area (Å²) in [6.45, 7) is 7.99. The third-order valence-electron chi connectivity index (χ3n) is 6.13. The Labute approximate surface area is 197 Å². The number of benzene rings is 3. The van der Waals surface area contributed by atoms with Gasteiger partial charge in [0.2, 0.25) is 0 Å². The SMILES string of the molecule is CCC(C)(C)c1cc(-c2ccc(-c3ccc(OCCCO)cc3)cc2)ccc1OCCCO. The third kappa shape index (κ3) is 6.59. The van der Waals surface area contributed by atoms with Crippen LogP contribution in [0.4, 0.5) is 0 Å². The zero-order valence-electron chi connectivity index (χ0n) is 20.0. The average molecular weight is 449 g/mol. The van der Waals surface area contributed by atoms with Crippen LogP contribution in [0, 0.1) is 0 Å². The molecule has 0 radical (unpaired) electrons. The topological polar surface area (TPSA) is 58.9 Å². The van der Waals surface area contributed by atoms with Crippen LogP contribution in [-0.2, 0) is 5.41 Å². The van der Waals surface area contributed by atoms with Gasteiger partial charge < -0.3 is 19.7 Å². The highest BCUT2D eigenvalue weighted by Crippen LogP contribution is 2.37. The van der Waals surface area contributed by atoms with Crippen LogP contribution in [0.1, 0.15) is 45.6 Å². The van der Waals surface area contributed by atoms with Gasteiger partial charge >= 0.3 is 0 Å². The fourth-order valence-electron chi connectivity index (χ4n) is 3.65. The van der Waals surface area contributed by atoms with E-state index in [-0.39, 0.29) is 18.6 Å². The number of hydrogen-bond acceptors (Lipinski definition) is 4. The number of ether oxygens (including phenoxy) is 2. The van der Waals surface area contributed by atoms with E-state index in [1.54, 1.807) is 0 Å². The van der Waals surface area contributed by atoms with Crippen molar-refractivity contribution < 1.29 is 19.7 Å². The Bertz CT molecular complexity index is 991. The first kappa shape index (κ1) is 24.8. The summed E-state index contributed by atoms with van der Waals surface area (Å²) in [7, 11) is 0. The molecule has 0 fully saturated rings. The maximum Gasteiger partial charge on any atom is 0.123 e. The van der Waals surface area contributed by atoms with Gasteiger partial charge in [0.15, 0.2) is 0 Å². The molecule has 0 aliphatic rings. The highest BCUT2D eigenvalue weighted by atomic mass is 16.5. The van der Waals surface area contributed by atoms with Crippen LogP contribution in [0.2, 0.25) is 0 Å². The predicted molar refractivity (Wildman–Crippen MR) is 135 cm³/mol. The summed E-state index contributed by atoms with van der Waals surface area (Å²) in [4.78, 5) is 0. The van der Waals surface area contributed by atoms with E-state index in [1.165, 1.54) is 11.1 Å². The molecule has 4 heteroatoms. The summed E-state index contributed by atoms with van der Waals surface area (Å²) in [5.74, 6) is 1.72. The molecule has 0 bridgehead atoms. The van der Waals surface area contributed by atoms with Gasteiger partial charge in [0.1, 0.15) is 11.5 Å². The normalized spacial score (nSPS) is 11.4. The Morgan fingerprint density at radius 1 is 0.667 bits per heavy atom. The molecule has 176 valence electrons. The first-order valence-corrected chi connectivity index (χ1v) is 11.8. The van der Waals surface area contributed by atoms with E-state index >= 15 is 0 Å². The Balaban J connectivity index is 1.80. The molecular weight excluding hydrogens is 412 g/mol. The van der Waals surface area contributed by atoms with E-state index in [0.717, 1.165) is 34.6 Å². The number of aliphatic hydroxyl groups excluding tert-OH is 2. The van der Waals surface area contributed by atoms with Gasteiger partial charge in [-0.05, 0) is 58.4 Å². The smallest absolute Gasteiger partial charge is 0.123 e. The zero-order chi connectivity index (χ0) is 23.7. The molecule has 0 spiro atoms. The van der Waals surface area contributed by atoms with Crippen LogP contribution in [-0.4, -0.2) is 36.6 Å². The van der Waals surface area contributed by atoms with Crippen molar-refractivity contribution in [2.24, 2.45) is 0 Å². The van der Waals surface area contributed by atoms with Crippen LogP contribution < -0.4 is 9.47 Å². The van der Waals surface area contributed by atoms with Crippen molar-refractivity contribution in [3.05, 3.63) is 72.3 Å². The van der Waals surface area contributed by atoms with Crippen LogP contribution in [0.5, 0.6) is 11.5 Å². The van der Waals surface area contributed by atoms with E-state index in [0.29, 0.717) is 26.1 Å². The first-order valence-electron chi connectivity index (χ1n) is 11.8. The predicted octanol–water partition coefficient (Wildman–Crippen LogP) is 6.23. The highest BCUT2D eigenvalue weighted by molar-refractivity contribution is 5.72. The molecule has 0 amide bonds. The molecule has 0 saturated carbocycles. The van der Waals surface area contributed by atoms with Crippen LogP contribution in [0.3, 0.4) is 0 Å². The molecule has 3 rings (SSSR count). The van der Waals surface area contributed by atoms with Crippen molar-refractivity contribution in [1.29, 1.82) is 0 Å². The molecule has 0 aromatic heterocycles. The molecule has 2 N–H and O–H groups in total. The van der Waals surface area contributed by atoms with Crippen molar-refractivity contribution in [3.8, 4) is 33.8 Å². The molecule has 0 aliphatic heterocycles. The summed E-state index contributed by atoms with van der Waals surface area (Å²) in [5.41, 5.74) is 5.81. The van der Waals surface area contributed by atoms with Gasteiger partial charge in [-0.15, -0.1) is 0 Å². The molecule has 0 unspecified atom stereocenters. The summed E-state index contributed by atoms with van der Waals surface area (Å²) >= 11 is 0. The van der Waals surface area contributed by atoms with Crippen LogP contribution in [0.25, 0.3) is 22.3 Å². The van der Waals surface area contributed by atoms with Gasteiger partial charge in [0, 0.05) is 31.6 Å². The van der Waals surface area contributed by atoms with Gasteiger partial charge in [0.25, 0.3) is 0 Å². The maximum absolute atomic E-state index is 9.08. The van der Waals surface area contributed by atoms with Crippen LogP contribution in [0.15, 0.2) is 66.7 Å². The Morgan fingerprint density at radius 2 is 1.15 bits per heavy atom. The Kier molecular flexibility index (Phi) is 8.93. The summed E-state index contributed by atoms with van der Waals surface area (Å²) in [5, 5.41) is 18.0. The van der Waals surface area contributed by atoms with Crippen molar-refractivity contribution in [2.75, 3.05) is 26.4 Å². The Hall–Kier alpha value is -2.82. The van der Waals surface area contributed by atoms with E-state index in [4.69, 9.17) is 19.7 Å². The lowest BCUT2D eigenvalue weighted by atomic mass is 9.80. The number of aliphatic hydroxyl groups is 2. The largest absolute Gasteiger partial charge is 0.494 e. The first-order chi connectivity index (χ1) is 16.0. The van der Waals surface area contributed by atoms with Gasteiger partial charge in [-0.3, -0.25) is 0 Å². The minimum atomic E-state index is -0.00844. The van der Waals surface area contributed by atoms with E-state index in [1.807, 2.05) is 12.1 Å². The molecular formula is C29H36O4. The molecule has 4 nitrogen and oxygen atoms in total. The zero-order valence-corrected chi connectivity index (χ0v) is 20.0. The van der Waals surface area contributed by atoms with Gasteiger partial charge in [-0.2, -0.15) is 0 Å². The van der Waals surface area contributed by atoms with Crippen molar-refractivity contribution in [2.45, 2.75) is 45.4 Å². The lowest BCUT2D eigenvalue weighted by Crippen LogP contribution is -2.17. The van der Waals surface area contributed by atoms with Gasteiger partial charge in [-0.1, -0.05) is 63.2 Å². The molecule has 0 saturated heterocycles. The molecule has 0 atom stereocenters. The lowest BCUT2D eigenvalue weighted by Gasteiger charge is -2.27. The fourth-order valence-corrected chi connectivity index (χ4v) is 3.65. The highest BCUT2D eigenvalue weighted by Gasteiger charge is 2.23. The standard InChI is InChI=1S/C29H36O4/c1-4-29(2,3)27-21-25(13-16-28(27)33-20-6-18-31)24-9-7-22(8-10-24)23-11-14-26(15-12-23)32-19-5-17-30/h7-16,21,30-31H,4-6,17-20H2,1-3H3. The molecule has 3 aromatic carbocycles. The van der Waals surface area contributed by atoms with E-state index < -0.39 is 0 Å². The van der Waals surface area contributed by atoms with Crippen molar-refractivity contribution in [1.82, 2.24) is 0 Å². The molecule has 33 heavy (non-hydrogen) atoms. The van der Waals surface area contributed by atoms with Gasteiger partial charge in [-0.25, -0.2) is 0 Å². The second-order valence-electron chi connectivity index (χ2n) is 8.90. The minimum Gasteiger partial charge on any atom is -0.494 e. The van der Waals surface area contributed by atoms with E-state index in [2.05, 4.69) is 75.4 Å². The number of hydrogen-bond donors (Lipinski definition) is 2. The minimum absolute atomic E-state index is 0.00844. The van der Waals surface area contributed by atoms with Crippen molar-refractivity contribution >= 4 is 0 Å². The molecule has 0 heterocycles.